The lowest BCUT2D eigenvalue weighted by Crippen LogP contribution is -2.48. The number of fused-ring (bicyclic) bond motifs is 3. The number of benzene rings is 2. The van der Waals surface area contributed by atoms with E-state index in [9.17, 15) is 9.59 Å². The molecule has 2 aromatic heterocycles. The molecule has 0 saturated carbocycles. The fourth-order valence-electron chi connectivity index (χ4n) is 7.31. The summed E-state index contributed by atoms with van der Waals surface area (Å²) >= 11 is 0. The maximum Gasteiger partial charge on any atom is 0.259 e. The number of ether oxygens (including phenoxy) is 1. The van der Waals surface area contributed by atoms with E-state index in [-0.39, 0.29) is 17.5 Å². The smallest absolute Gasteiger partial charge is 0.259 e. The van der Waals surface area contributed by atoms with Crippen molar-refractivity contribution in [2.75, 3.05) is 39.4 Å². The molecule has 214 valence electrons. The van der Waals surface area contributed by atoms with Gasteiger partial charge in [-0.3, -0.25) is 19.2 Å². The van der Waals surface area contributed by atoms with Crippen molar-refractivity contribution in [3.8, 4) is 0 Å². The topological polar surface area (TPSA) is 83.5 Å². The number of hydrogen-bond acceptors (Lipinski definition) is 5. The number of nitrogens with one attached hydrogen (secondary N) is 1. The van der Waals surface area contributed by atoms with Gasteiger partial charge in [0.15, 0.2) is 0 Å². The van der Waals surface area contributed by atoms with Crippen molar-refractivity contribution in [1.29, 1.82) is 0 Å². The van der Waals surface area contributed by atoms with Crippen molar-refractivity contribution in [2.24, 2.45) is 5.41 Å². The molecule has 0 radical (unpaired) electrons. The van der Waals surface area contributed by atoms with Gasteiger partial charge in [-0.15, -0.1) is 0 Å². The van der Waals surface area contributed by atoms with Crippen LogP contribution in [0.1, 0.15) is 66.1 Å². The summed E-state index contributed by atoms with van der Waals surface area (Å²) in [6.45, 7) is 8.23. The lowest BCUT2D eigenvalue weighted by Gasteiger charge is -2.47. The Bertz CT molecular complexity index is 1620. The summed E-state index contributed by atoms with van der Waals surface area (Å²) in [7, 11) is 0. The molecule has 3 fully saturated rings. The number of hydrogen-bond donors (Lipinski definition) is 1. The number of amides is 1. The first-order valence-electron chi connectivity index (χ1n) is 15.2. The first kappa shape index (κ1) is 26.4. The minimum Gasteiger partial charge on any atom is -0.381 e. The predicted molar refractivity (Wildman–Crippen MR) is 160 cm³/mol. The van der Waals surface area contributed by atoms with Crippen LogP contribution in [0.4, 0.5) is 0 Å². The van der Waals surface area contributed by atoms with E-state index in [1.807, 2.05) is 23.7 Å². The van der Waals surface area contributed by atoms with Crippen molar-refractivity contribution >= 4 is 27.7 Å². The van der Waals surface area contributed by atoms with E-state index in [0.717, 1.165) is 86.0 Å². The van der Waals surface area contributed by atoms with E-state index in [1.165, 1.54) is 18.4 Å². The van der Waals surface area contributed by atoms with Crippen LogP contribution in [-0.4, -0.2) is 69.9 Å². The molecule has 3 aliphatic rings. The van der Waals surface area contributed by atoms with Gasteiger partial charge in [0.1, 0.15) is 0 Å². The third-order valence-electron chi connectivity index (χ3n) is 9.95. The minimum atomic E-state index is -0.138. The van der Waals surface area contributed by atoms with Gasteiger partial charge in [-0.1, -0.05) is 30.3 Å². The molecule has 1 N–H and O–H groups in total. The molecule has 1 amide bonds. The molecule has 3 saturated heterocycles. The average Bonchev–Trinajstić information content (AvgIpc) is 3.46. The second-order valence-electron chi connectivity index (χ2n) is 12.4. The summed E-state index contributed by atoms with van der Waals surface area (Å²) in [4.78, 5) is 34.5. The van der Waals surface area contributed by atoms with Crippen LogP contribution in [-0.2, 0) is 11.3 Å². The highest BCUT2D eigenvalue weighted by molar-refractivity contribution is 6.07. The largest absolute Gasteiger partial charge is 0.381 e. The summed E-state index contributed by atoms with van der Waals surface area (Å²) in [6, 6.07) is 14.9. The van der Waals surface area contributed by atoms with Crippen LogP contribution < -0.4 is 5.56 Å². The van der Waals surface area contributed by atoms with Gasteiger partial charge in [0.25, 0.3) is 11.5 Å². The Morgan fingerprint density at radius 3 is 2.44 bits per heavy atom. The van der Waals surface area contributed by atoms with Crippen LogP contribution >= 0.6 is 0 Å². The SMILES string of the molecule is Cc1cc2[nH]c(=O)c3cnn(C4CCOCC4)c3c2cc1C(=O)N1CCC2(CCN(Cc3ccccc3)CC2)CC1. The Labute approximate surface area is 240 Å². The molecule has 41 heavy (non-hydrogen) atoms. The Hall–Kier alpha value is -3.49. The van der Waals surface area contributed by atoms with E-state index < -0.39 is 0 Å². The van der Waals surface area contributed by atoms with Gasteiger partial charge in [0.05, 0.1) is 28.7 Å². The quantitative estimate of drug-likeness (QED) is 0.382. The van der Waals surface area contributed by atoms with Gasteiger partial charge in [-0.2, -0.15) is 5.10 Å². The number of likely N-dealkylation sites (tertiary alicyclic amines) is 2. The van der Waals surface area contributed by atoms with E-state index in [2.05, 4.69) is 50.2 Å². The molecule has 8 heteroatoms. The van der Waals surface area contributed by atoms with Crippen molar-refractivity contribution in [2.45, 2.75) is 58.0 Å². The van der Waals surface area contributed by atoms with Crippen molar-refractivity contribution in [1.82, 2.24) is 24.6 Å². The molecule has 0 unspecified atom stereocenters. The third-order valence-corrected chi connectivity index (χ3v) is 9.95. The fraction of sp³-hybridized carbons (Fsp3) is 0.485. The Kier molecular flexibility index (Phi) is 6.91. The molecule has 1 spiro atoms. The summed E-state index contributed by atoms with van der Waals surface area (Å²) < 4.78 is 7.56. The highest BCUT2D eigenvalue weighted by Gasteiger charge is 2.39. The number of aryl methyl sites for hydroxylation is 1. The number of H-pyrrole nitrogens is 1. The first-order valence-corrected chi connectivity index (χ1v) is 15.2. The number of carbonyl (C=O) groups is 1. The average molecular weight is 554 g/mol. The predicted octanol–water partition coefficient (Wildman–Crippen LogP) is 5.06. The van der Waals surface area contributed by atoms with Crippen molar-refractivity contribution in [3.05, 3.63) is 75.7 Å². The van der Waals surface area contributed by atoms with E-state index in [0.29, 0.717) is 24.0 Å². The maximum absolute atomic E-state index is 13.9. The number of aromatic nitrogens is 3. The molecule has 2 aromatic carbocycles. The van der Waals surface area contributed by atoms with Crippen molar-refractivity contribution < 1.29 is 9.53 Å². The molecule has 0 bridgehead atoms. The van der Waals surface area contributed by atoms with Crippen LogP contribution in [0.15, 0.2) is 53.5 Å². The summed E-state index contributed by atoms with van der Waals surface area (Å²) in [5, 5.41) is 6.10. The summed E-state index contributed by atoms with van der Waals surface area (Å²) in [6.07, 6.45) is 7.94. The van der Waals surface area contributed by atoms with Crippen LogP contribution in [0.25, 0.3) is 21.8 Å². The third kappa shape index (κ3) is 4.97. The Morgan fingerprint density at radius 1 is 1.00 bits per heavy atom. The van der Waals surface area contributed by atoms with Gasteiger partial charge in [-0.25, -0.2) is 0 Å². The van der Waals surface area contributed by atoms with Gasteiger partial charge in [0.2, 0.25) is 0 Å². The summed E-state index contributed by atoms with van der Waals surface area (Å²) in [5.41, 5.74) is 4.79. The molecule has 7 rings (SSSR count). The van der Waals surface area contributed by atoms with Gasteiger partial charge >= 0.3 is 0 Å². The lowest BCUT2D eigenvalue weighted by molar-refractivity contribution is 0.0285. The first-order chi connectivity index (χ1) is 20.0. The van der Waals surface area contributed by atoms with E-state index in [1.54, 1.807) is 6.20 Å². The Morgan fingerprint density at radius 2 is 1.71 bits per heavy atom. The molecular formula is C33H39N5O3. The fourth-order valence-corrected chi connectivity index (χ4v) is 7.31. The number of aromatic amines is 1. The highest BCUT2D eigenvalue weighted by atomic mass is 16.5. The zero-order valence-corrected chi connectivity index (χ0v) is 23.9. The summed E-state index contributed by atoms with van der Waals surface area (Å²) in [5.74, 6) is 0.0947. The van der Waals surface area contributed by atoms with Gasteiger partial charge < -0.3 is 14.6 Å². The second-order valence-corrected chi connectivity index (χ2v) is 12.4. The molecule has 3 aliphatic heterocycles. The number of nitrogens with zero attached hydrogens (tertiary/aromatic N) is 4. The number of pyridine rings is 1. The number of rotatable bonds is 4. The standard InChI is InChI=1S/C33H39N5O3/c1-23-19-29-27(30-28(31(39)35-29)21-34-38(30)25-7-17-41-18-8-25)20-26(23)32(40)37-15-11-33(12-16-37)9-13-36(14-10-33)22-24-5-3-2-4-6-24/h2-6,19-21,25H,7-18,22H2,1H3,(H,35,39). The maximum atomic E-state index is 13.9. The van der Waals surface area contributed by atoms with Crippen LogP contribution in [0.5, 0.6) is 0 Å². The van der Waals surface area contributed by atoms with Gasteiger partial charge in [-0.05, 0) is 87.2 Å². The van der Waals surface area contributed by atoms with Crippen LogP contribution in [0, 0.1) is 12.3 Å². The molecule has 0 atom stereocenters. The monoisotopic (exact) mass is 553 g/mol. The minimum absolute atomic E-state index is 0.0947. The van der Waals surface area contributed by atoms with E-state index >= 15 is 0 Å². The molecule has 5 heterocycles. The molecule has 0 aliphatic carbocycles. The number of carbonyl (C=O) groups excluding carboxylic acids is 1. The van der Waals surface area contributed by atoms with Crippen LogP contribution in [0.2, 0.25) is 0 Å². The zero-order chi connectivity index (χ0) is 28.0. The second kappa shape index (κ2) is 10.7. The van der Waals surface area contributed by atoms with E-state index in [4.69, 9.17) is 4.74 Å². The van der Waals surface area contributed by atoms with Gasteiger partial charge in [0, 0.05) is 43.8 Å². The Balaban J connectivity index is 1.09. The molecule has 8 nitrogen and oxygen atoms in total. The van der Waals surface area contributed by atoms with Crippen molar-refractivity contribution in [3.63, 3.8) is 0 Å². The highest BCUT2D eigenvalue weighted by Crippen LogP contribution is 2.42. The normalized spacial score (nSPS) is 20.3. The molecular weight excluding hydrogens is 514 g/mol. The number of piperidine rings is 2. The van der Waals surface area contributed by atoms with Crippen LogP contribution in [0.3, 0.4) is 0 Å². The zero-order valence-electron chi connectivity index (χ0n) is 23.9. The molecule has 4 aromatic rings. The lowest BCUT2D eigenvalue weighted by atomic mass is 9.71.